The molecular formula is C40H71N5O8. The van der Waals surface area contributed by atoms with Gasteiger partial charge in [0, 0.05) is 50.0 Å². The number of hydrogen-bond donors (Lipinski definition) is 5. The molecule has 2 amide bonds. The summed E-state index contributed by atoms with van der Waals surface area (Å²) in [7, 11) is 9.62. The zero-order valence-corrected chi connectivity index (χ0v) is 33.9. The van der Waals surface area contributed by atoms with Crippen molar-refractivity contribution in [3.05, 3.63) is 0 Å². The predicted octanol–water partition coefficient (Wildman–Crippen LogP) is 2.45. The summed E-state index contributed by atoms with van der Waals surface area (Å²) in [5, 5.41) is 39.1. The van der Waals surface area contributed by atoms with Crippen LogP contribution in [-0.2, 0) is 24.0 Å². The number of nitrogens with zero attached hydrogens (tertiary/aromatic N) is 3. The standard InChI is InChI=1S/C40H71N5O8/c1-22-31-16-27(40(31,3)4)17-32(22)42-39(51)36-35(23(2)47)33(21-46)53-45(36)19-24-11-10-12-30(37(24)52-9)25-13-26(15-29(14-25)44(7)8)38(50)41-28(18-34(48)49)20-43(5)6/h22-33,35-37,46-47H,10-21H2,1-9H3,(H,41,50)(H,42,51)(H,48,49)/t22-,23-,24?,25?,26?,27+,28+,29?,30?,31-,32-,33-,35+,36-,37?/m0/s1. The van der Waals surface area contributed by atoms with Gasteiger partial charge in [0.15, 0.2) is 0 Å². The summed E-state index contributed by atoms with van der Waals surface area (Å²) in [4.78, 5) is 50.2. The number of carbonyl (C=O) groups is 3. The van der Waals surface area contributed by atoms with Crippen LogP contribution in [0.1, 0.15) is 85.5 Å². The Morgan fingerprint density at radius 3 is 2.32 bits per heavy atom. The van der Waals surface area contributed by atoms with Crippen LogP contribution in [0.4, 0.5) is 0 Å². The Labute approximate surface area is 317 Å². The second-order valence-electron chi connectivity index (χ2n) is 18.7. The lowest BCUT2D eigenvalue weighted by Gasteiger charge is -2.62. The molecule has 1 saturated heterocycles. The summed E-state index contributed by atoms with van der Waals surface area (Å²) in [5.74, 6) is -0.0381. The molecule has 5 N–H and O–H groups in total. The van der Waals surface area contributed by atoms with Gasteiger partial charge in [-0.05, 0) is 115 Å². The van der Waals surface area contributed by atoms with Crippen molar-refractivity contribution in [2.75, 3.05) is 55.0 Å². The van der Waals surface area contributed by atoms with Crippen LogP contribution in [0.3, 0.4) is 0 Å². The van der Waals surface area contributed by atoms with Crippen LogP contribution in [0.5, 0.6) is 0 Å². The number of carboxylic acids is 1. The first kappa shape index (κ1) is 42.3. The third-order valence-electron chi connectivity index (χ3n) is 14.5. The highest BCUT2D eigenvalue weighted by atomic mass is 16.7. The van der Waals surface area contributed by atoms with Crippen LogP contribution >= 0.6 is 0 Å². The maximum Gasteiger partial charge on any atom is 0.305 e. The Morgan fingerprint density at radius 1 is 1.04 bits per heavy atom. The number of amides is 2. The van der Waals surface area contributed by atoms with Crippen molar-refractivity contribution < 1.29 is 39.3 Å². The van der Waals surface area contributed by atoms with Gasteiger partial charge in [-0.2, -0.15) is 5.06 Å². The van der Waals surface area contributed by atoms with Crippen LogP contribution in [0.15, 0.2) is 0 Å². The molecule has 5 saturated carbocycles. The van der Waals surface area contributed by atoms with Crippen molar-refractivity contribution in [2.45, 2.75) is 128 Å². The predicted molar refractivity (Wildman–Crippen MR) is 201 cm³/mol. The van der Waals surface area contributed by atoms with Gasteiger partial charge in [-0.1, -0.05) is 27.2 Å². The molecule has 15 atom stereocenters. The first-order valence-corrected chi connectivity index (χ1v) is 20.3. The average Bonchev–Trinajstić information content (AvgIpc) is 3.46. The van der Waals surface area contributed by atoms with E-state index in [4.69, 9.17) is 9.57 Å². The first-order chi connectivity index (χ1) is 25.0. The maximum absolute atomic E-state index is 14.3. The lowest BCUT2D eigenvalue weighted by molar-refractivity contribution is -0.193. The number of carboxylic acid groups (broad SMARTS) is 1. The summed E-state index contributed by atoms with van der Waals surface area (Å²) in [5.41, 5.74) is 0.295. The fourth-order valence-electron chi connectivity index (χ4n) is 11.5. The molecule has 0 aromatic rings. The molecule has 0 aromatic carbocycles. The quantitative estimate of drug-likeness (QED) is 0.167. The van der Waals surface area contributed by atoms with Crippen LogP contribution in [0.25, 0.3) is 0 Å². The number of fused-ring (bicyclic) bond motifs is 2. The van der Waals surface area contributed by atoms with E-state index in [0.717, 1.165) is 32.1 Å². The summed E-state index contributed by atoms with van der Waals surface area (Å²) in [6.07, 6.45) is 5.53. The number of aliphatic carboxylic acids is 1. The van der Waals surface area contributed by atoms with Crippen LogP contribution in [0, 0.1) is 52.8 Å². The number of ether oxygens (including phenoxy) is 1. The second-order valence-corrected chi connectivity index (χ2v) is 18.7. The molecule has 6 unspecified atom stereocenters. The van der Waals surface area contributed by atoms with Gasteiger partial charge in [-0.25, -0.2) is 0 Å². The van der Waals surface area contributed by atoms with Crippen LogP contribution in [-0.4, -0.2) is 145 Å². The zero-order chi connectivity index (χ0) is 38.9. The molecule has 304 valence electrons. The van der Waals surface area contributed by atoms with Crippen molar-refractivity contribution in [3.63, 3.8) is 0 Å². The van der Waals surface area contributed by atoms with E-state index in [9.17, 15) is 29.7 Å². The van der Waals surface area contributed by atoms with Crippen LogP contribution < -0.4 is 10.6 Å². The number of hydroxylamine groups is 2. The summed E-state index contributed by atoms with van der Waals surface area (Å²) in [6.45, 7) is 9.21. The van der Waals surface area contributed by atoms with Gasteiger partial charge >= 0.3 is 5.97 Å². The number of nitrogens with one attached hydrogen (secondary N) is 2. The van der Waals surface area contributed by atoms with Crippen molar-refractivity contribution >= 4 is 17.8 Å². The SMILES string of the molecule is COC1C(CN2O[C@@H](CO)[C@@H]([C@H](C)O)[C@H]2C(=O)N[C@H]2C[C@H]3C[C@@H]([C@@H]2C)C3(C)C)CCCC1C1CC(C(=O)N[C@H](CC(=O)O)CN(C)C)CC(N(C)C)C1. The molecular weight excluding hydrogens is 678 g/mol. The minimum atomic E-state index is -0.933. The molecule has 6 rings (SSSR count). The summed E-state index contributed by atoms with van der Waals surface area (Å²) >= 11 is 0. The van der Waals surface area contributed by atoms with Crippen LogP contribution in [0.2, 0.25) is 0 Å². The lowest BCUT2D eigenvalue weighted by atomic mass is 9.45. The van der Waals surface area contributed by atoms with Gasteiger partial charge in [-0.15, -0.1) is 0 Å². The van der Waals surface area contributed by atoms with Gasteiger partial charge in [-0.3, -0.25) is 19.2 Å². The normalized spacial score (nSPS) is 39.7. The second kappa shape index (κ2) is 17.5. The molecule has 0 radical (unpaired) electrons. The molecule has 5 aliphatic carbocycles. The van der Waals surface area contributed by atoms with Crippen molar-refractivity contribution in [1.82, 2.24) is 25.5 Å². The van der Waals surface area contributed by atoms with Gasteiger partial charge in [0.1, 0.15) is 12.1 Å². The molecule has 53 heavy (non-hydrogen) atoms. The first-order valence-electron chi connectivity index (χ1n) is 20.3. The van der Waals surface area contributed by atoms with E-state index >= 15 is 0 Å². The molecule has 1 aliphatic heterocycles. The lowest BCUT2D eigenvalue weighted by Crippen LogP contribution is -2.62. The van der Waals surface area contributed by atoms with Gasteiger partial charge in [0.2, 0.25) is 11.8 Å². The Balaban J connectivity index is 1.32. The average molecular weight is 750 g/mol. The van der Waals surface area contributed by atoms with Crippen molar-refractivity contribution in [1.29, 1.82) is 0 Å². The monoisotopic (exact) mass is 750 g/mol. The van der Waals surface area contributed by atoms with E-state index in [0.29, 0.717) is 49.1 Å². The zero-order valence-electron chi connectivity index (χ0n) is 33.9. The molecule has 1 heterocycles. The maximum atomic E-state index is 14.3. The highest BCUT2D eigenvalue weighted by Gasteiger charge is 2.58. The number of aliphatic hydroxyl groups excluding tert-OH is 2. The molecule has 0 spiro atoms. The summed E-state index contributed by atoms with van der Waals surface area (Å²) < 4.78 is 6.35. The minimum absolute atomic E-state index is 0.0373. The fourth-order valence-corrected chi connectivity index (χ4v) is 11.5. The Kier molecular flexibility index (Phi) is 14.0. The Bertz CT molecular complexity index is 1270. The topological polar surface area (TPSA) is 164 Å². The largest absolute Gasteiger partial charge is 0.481 e. The molecule has 6 fully saturated rings. The van der Waals surface area contributed by atoms with Gasteiger partial charge < -0.3 is 40.5 Å². The number of methoxy groups -OCH3 is 1. The van der Waals surface area contributed by atoms with E-state index in [2.05, 4.69) is 50.4 Å². The van der Waals surface area contributed by atoms with E-state index in [-0.39, 0.29) is 66.7 Å². The number of aliphatic hydroxyl groups is 2. The molecule has 0 aromatic heterocycles. The summed E-state index contributed by atoms with van der Waals surface area (Å²) in [6, 6.07) is -0.958. The van der Waals surface area contributed by atoms with E-state index < -0.39 is 36.2 Å². The van der Waals surface area contributed by atoms with Gasteiger partial charge in [0.25, 0.3) is 0 Å². The van der Waals surface area contributed by atoms with Gasteiger partial charge in [0.05, 0.1) is 31.3 Å². The smallest absolute Gasteiger partial charge is 0.305 e. The molecule has 13 heteroatoms. The van der Waals surface area contributed by atoms with Crippen molar-refractivity contribution in [3.8, 4) is 0 Å². The molecule has 6 aliphatic rings. The van der Waals surface area contributed by atoms with E-state index in [1.807, 2.05) is 19.0 Å². The van der Waals surface area contributed by atoms with E-state index in [1.165, 1.54) is 6.42 Å². The fraction of sp³-hybridized carbons (Fsp3) is 0.925. The number of rotatable bonds is 15. The van der Waals surface area contributed by atoms with E-state index in [1.54, 1.807) is 19.1 Å². The number of hydrogen-bond acceptors (Lipinski definition) is 10. The third-order valence-corrected chi connectivity index (χ3v) is 14.5. The third kappa shape index (κ3) is 9.24. The molecule has 13 nitrogen and oxygen atoms in total. The minimum Gasteiger partial charge on any atom is -0.481 e. The highest BCUT2D eigenvalue weighted by molar-refractivity contribution is 5.83. The number of likely N-dealkylation sites (N-methyl/N-ethyl adjacent to an activating group) is 1. The number of carbonyl (C=O) groups excluding carboxylic acids is 2. The van der Waals surface area contributed by atoms with Crippen molar-refractivity contribution in [2.24, 2.45) is 52.8 Å². The molecule has 2 bridgehead atoms. The Hall–Kier alpha value is -1.87. The Morgan fingerprint density at radius 2 is 1.75 bits per heavy atom. The highest BCUT2D eigenvalue weighted by Crippen LogP contribution is 2.61.